The highest BCUT2D eigenvalue weighted by molar-refractivity contribution is 14.0. The van der Waals surface area contributed by atoms with E-state index in [0.717, 1.165) is 28.2 Å². The van der Waals surface area contributed by atoms with E-state index in [4.69, 9.17) is 4.74 Å². The van der Waals surface area contributed by atoms with Gasteiger partial charge in [-0.15, -0.1) is 24.0 Å². The predicted molar refractivity (Wildman–Crippen MR) is 127 cm³/mol. The van der Waals surface area contributed by atoms with Gasteiger partial charge in [-0.3, -0.25) is 9.98 Å². The van der Waals surface area contributed by atoms with Crippen LogP contribution in [0.1, 0.15) is 18.1 Å². The summed E-state index contributed by atoms with van der Waals surface area (Å²) in [7, 11) is 1.77. The van der Waals surface area contributed by atoms with Crippen molar-refractivity contribution < 1.29 is 4.74 Å². The number of rotatable bonds is 6. The largest absolute Gasteiger partial charge is 0.489 e. The molecule has 148 valence electrons. The van der Waals surface area contributed by atoms with Gasteiger partial charge in [0.05, 0.1) is 12.1 Å². The molecule has 0 radical (unpaired) electrons. The maximum atomic E-state index is 5.96. The first-order valence-electron chi connectivity index (χ1n) is 9.16. The highest BCUT2D eigenvalue weighted by Crippen LogP contribution is 2.16. The van der Waals surface area contributed by atoms with Crippen LogP contribution in [0.4, 0.5) is 0 Å². The van der Waals surface area contributed by atoms with Gasteiger partial charge in [0.1, 0.15) is 11.9 Å². The zero-order valence-electron chi connectivity index (χ0n) is 16.5. The summed E-state index contributed by atoms with van der Waals surface area (Å²) in [5.74, 6) is 1.62. The normalized spacial score (nSPS) is 12.2. The van der Waals surface area contributed by atoms with Gasteiger partial charge in [-0.1, -0.05) is 36.4 Å². The van der Waals surface area contributed by atoms with Crippen LogP contribution in [0.5, 0.6) is 5.75 Å². The fraction of sp³-hybridized carbons (Fsp3) is 0.273. The van der Waals surface area contributed by atoms with Gasteiger partial charge in [0.15, 0.2) is 5.96 Å². The minimum Gasteiger partial charge on any atom is -0.489 e. The fourth-order valence-electron chi connectivity index (χ4n) is 2.91. The second-order valence-corrected chi connectivity index (χ2v) is 6.54. The summed E-state index contributed by atoms with van der Waals surface area (Å²) in [5, 5.41) is 7.80. The van der Waals surface area contributed by atoms with E-state index in [1.807, 2.05) is 37.4 Å². The molecular weight excluding hydrogens is 463 g/mol. The van der Waals surface area contributed by atoms with E-state index < -0.39 is 0 Å². The Balaban J connectivity index is 0.00000280. The quantitative estimate of drug-likeness (QED) is 0.308. The molecule has 0 amide bonds. The Kier molecular flexibility index (Phi) is 8.50. The summed E-state index contributed by atoms with van der Waals surface area (Å²) < 4.78 is 5.96. The summed E-state index contributed by atoms with van der Waals surface area (Å²) in [6.07, 6.45) is 1.84. The number of hydrogen-bond donors (Lipinski definition) is 2. The predicted octanol–water partition coefficient (Wildman–Crippen LogP) is 4.29. The van der Waals surface area contributed by atoms with Gasteiger partial charge >= 0.3 is 0 Å². The van der Waals surface area contributed by atoms with Crippen molar-refractivity contribution in [2.75, 3.05) is 13.6 Å². The topological polar surface area (TPSA) is 58.5 Å². The van der Waals surface area contributed by atoms with Crippen LogP contribution in [0.3, 0.4) is 0 Å². The second kappa shape index (κ2) is 10.8. The Morgan fingerprint density at radius 1 is 1.11 bits per heavy atom. The van der Waals surface area contributed by atoms with Crippen molar-refractivity contribution in [3.63, 3.8) is 0 Å². The molecule has 1 unspecified atom stereocenters. The van der Waals surface area contributed by atoms with Crippen LogP contribution < -0.4 is 15.4 Å². The average molecular weight is 490 g/mol. The number of benzene rings is 2. The van der Waals surface area contributed by atoms with Crippen LogP contribution in [0.15, 0.2) is 65.8 Å². The maximum Gasteiger partial charge on any atom is 0.191 e. The van der Waals surface area contributed by atoms with E-state index in [0.29, 0.717) is 13.1 Å². The third kappa shape index (κ3) is 6.09. The van der Waals surface area contributed by atoms with Crippen LogP contribution in [-0.2, 0) is 6.54 Å². The van der Waals surface area contributed by atoms with Crippen molar-refractivity contribution in [3.8, 4) is 5.75 Å². The molecule has 2 aromatic carbocycles. The number of fused-ring (bicyclic) bond motifs is 1. The summed E-state index contributed by atoms with van der Waals surface area (Å²) >= 11 is 0. The molecule has 1 atom stereocenters. The van der Waals surface area contributed by atoms with E-state index in [2.05, 4.69) is 57.9 Å². The minimum atomic E-state index is 0. The Hall–Kier alpha value is -2.35. The van der Waals surface area contributed by atoms with E-state index in [9.17, 15) is 0 Å². The zero-order valence-corrected chi connectivity index (χ0v) is 18.8. The Labute approximate surface area is 183 Å². The van der Waals surface area contributed by atoms with Crippen LogP contribution in [0, 0.1) is 6.92 Å². The molecule has 3 rings (SSSR count). The monoisotopic (exact) mass is 490 g/mol. The number of aryl methyl sites for hydroxylation is 1. The van der Waals surface area contributed by atoms with Gasteiger partial charge in [0, 0.05) is 25.2 Å². The van der Waals surface area contributed by atoms with Crippen molar-refractivity contribution in [3.05, 3.63) is 71.9 Å². The van der Waals surface area contributed by atoms with Crippen molar-refractivity contribution in [2.45, 2.75) is 26.5 Å². The number of nitrogens with one attached hydrogen (secondary N) is 2. The fourth-order valence-corrected chi connectivity index (χ4v) is 2.91. The van der Waals surface area contributed by atoms with Crippen molar-refractivity contribution in [1.29, 1.82) is 0 Å². The third-order valence-electron chi connectivity index (χ3n) is 4.27. The highest BCUT2D eigenvalue weighted by Gasteiger charge is 2.07. The molecule has 0 aliphatic carbocycles. The summed E-state index contributed by atoms with van der Waals surface area (Å²) in [5.41, 5.74) is 3.34. The van der Waals surface area contributed by atoms with Crippen LogP contribution >= 0.6 is 24.0 Å². The molecule has 0 saturated heterocycles. The lowest BCUT2D eigenvalue weighted by Gasteiger charge is -2.18. The molecule has 5 nitrogen and oxygen atoms in total. The Morgan fingerprint density at radius 3 is 2.68 bits per heavy atom. The molecule has 0 fully saturated rings. The minimum absolute atomic E-state index is 0. The zero-order chi connectivity index (χ0) is 19.1. The lowest BCUT2D eigenvalue weighted by molar-refractivity contribution is 0.223. The smallest absolute Gasteiger partial charge is 0.191 e. The first kappa shape index (κ1) is 21.9. The summed E-state index contributed by atoms with van der Waals surface area (Å²) in [4.78, 5) is 8.79. The highest BCUT2D eigenvalue weighted by atomic mass is 127. The van der Waals surface area contributed by atoms with Gasteiger partial charge < -0.3 is 15.4 Å². The molecule has 6 heteroatoms. The molecule has 1 aromatic heterocycles. The molecular formula is C22H27IN4O. The summed E-state index contributed by atoms with van der Waals surface area (Å²) in [6.45, 7) is 5.41. The number of nitrogens with zero attached hydrogens (tertiary/aromatic N) is 2. The molecule has 2 N–H and O–H groups in total. The molecule has 0 spiro atoms. The molecule has 0 bridgehead atoms. The average Bonchev–Trinajstić information content (AvgIpc) is 2.68. The number of ether oxygens (including phenoxy) is 1. The molecule has 28 heavy (non-hydrogen) atoms. The second-order valence-electron chi connectivity index (χ2n) is 6.54. The number of hydrogen-bond acceptors (Lipinski definition) is 3. The van der Waals surface area contributed by atoms with Gasteiger partial charge in [-0.25, -0.2) is 0 Å². The first-order chi connectivity index (χ1) is 13.2. The van der Waals surface area contributed by atoms with E-state index >= 15 is 0 Å². The number of aromatic nitrogens is 1. The number of halogens is 1. The molecule has 3 aromatic rings. The molecule has 0 aliphatic rings. The van der Waals surface area contributed by atoms with E-state index in [1.54, 1.807) is 7.05 Å². The molecule has 0 aliphatic heterocycles. The van der Waals surface area contributed by atoms with E-state index in [-0.39, 0.29) is 30.1 Å². The maximum absolute atomic E-state index is 5.96. The van der Waals surface area contributed by atoms with Crippen LogP contribution in [-0.4, -0.2) is 30.6 Å². The van der Waals surface area contributed by atoms with Gasteiger partial charge in [0.2, 0.25) is 0 Å². The van der Waals surface area contributed by atoms with Crippen LogP contribution in [0.2, 0.25) is 0 Å². The standard InChI is InChI=1S/C22H26N4O.HI/c1-16-7-4-11-20(13-16)27-17(2)14-25-22(23-3)26-15-19-9-5-8-18-10-6-12-24-21(18)19;/h4-13,17H,14-15H2,1-3H3,(H2,23,25,26);1H. The first-order valence-corrected chi connectivity index (χ1v) is 9.16. The van der Waals surface area contributed by atoms with Gasteiger partial charge in [0.25, 0.3) is 0 Å². The Bertz CT molecular complexity index is 924. The SMILES string of the molecule is CN=C(NCc1cccc2cccnc12)NCC(C)Oc1cccc(C)c1.I. The van der Waals surface area contributed by atoms with Gasteiger partial charge in [-0.2, -0.15) is 0 Å². The Morgan fingerprint density at radius 2 is 1.89 bits per heavy atom. The molecule has 1 heterocycles. The van der Waals surface area contributed by atoms with Crippen molar-refractivity contribution >= 4 is 40.8 Å². The van der Waals surface area contributed by atoms with Crippen molar-refractivity contribution in [1.82, 2.24) is 15.6 Å². The summed E-state index contributed by atoms with van der Waals surface area (Å²) in [6, 6.07) is 18.3. The van der Waals surface area contributed by atoms with Crippen LogP contribution in [0.25, 0.3) is 10.9 Å². The number of para-hydroxylation sites is 1. The number of pyridine rings is 1. The third-order valence-corrected chi connectivity index (χ3v) is 4.27. The molecule has 0 saturated carbocycles. The van der Waals surface area contributed by atoms with Gasteiger partial charge in [-0.05, 0) is 43.2 Å². The number of guanidine groups is 1. The lowest BCUT2D eigenvalue weighted by Crippen LogP contribution is -2.41. The van der Waals surface area contributed by atoms with Crippen molar-refractivity contribution in [2.24, 2.45) is 4.99 Å². The van der Waals surface area contributed by atoms with E-state index in [1.165, 1.54) is 5.56 Å². The lowest BCUT2D eigenvalue weighted by atomic mass is 10.1. The number of aliphatic imine (C=N–C) groups is 1.